The highest BCUT2D eigenvalue weighted by Crippen LogP contribution is 2.33. The molecule has 0 amide bonds. The number of aromatic nitrogens is 5. The first-order valence-corrected chi connectivity index (χ1v) is 13.0. The third-order valence-corrected chi connectivity index (χ3v) is 6.90. The van der Waals surface area contributed by atoms with Crippen LogP contribution in [0.25, 0.3) is 17.8 Å². The van der Waals surface area contributed by atoms with E-state index < -0.39 is 0 Å². The number of hydrogen-bond acceptors (Lipinski definition) is 5. The van der Waals surface area contributed by atoms with Crippen LogP contribution < -0.4 is 4.74 Å². The molecule has 7 nitrogen and oxygen atoms in total. The zero-order valence-electron chi connectivity index (χ0n) is 21.7. The number of rotatable bonds is 9. The first-order chi connectivity index (χ1) is 18.1. The second-order valence-electron chi connectivity index (χ2n) is 9.58. The number of carbonyl (C=O) groups is 1. The first-order valence-electron chi connectivity index (χ1n) is 13.0. The van der Waals surface area contributed by atoms with Crippen LogP contribution in [-0.2, 0) is 6.54 Å². The lowest BCUT2D eigenvalue weighted by atomic mass is 9.90. The number of ether oxygens (including phenoxy) is 1. The van der Waals surface area contributed by atoms with Crippen LogP contribution >= 0.6 is 0 Å². The molecule has 0 N–H and O–H groups in total. The maximum atomic E-state index is 12.4. The normalized spacial score (nSPS) is 15.2. The first kappa shape index (κ1) is 24.7. The number of carbonyl (C=O) groups excluding carboxylic acids is 1. The Kier molecular flexibility index (Phi) is 7.30. The van der Waals surface area contributed by atoms with Gasteiger partial charge in [-0.2, -0.15) is 5.10 Å². The lowest BCUT2D eigenvalue weighted by Crippen LogP contribution is -2.18. The van der Waals surface area contributed by atoms with E-state index in [1.165, 1.54) is 5.56 Å². The number of ketones is 1. The average Bonchev–Trinajstić information content (AvgIpc) is 3.56. The Morgan fingerprint density at radius 2 is 2.00 bits per heavy atom. The van der Waals surface area contributed by atoms with Crippen LogP contribution in [0.4, 0.5) is 0 Å². The molecular weight excluding hydrogens is 462 g/mol. The van der Waals surface area contributed by atoms with Gasteiger partial charge in [-0.3, -0.25) is 4.79 Å². The Hall–Kier alpha value is -4.00. The number of fused-ring (bicyclic) bond motifs is 1. The fourth-order valence-corrected chi connectivity index (χ4v) is 4.87. The highest BCUT2D eigenvalue weighted by atomic mass is 16.5. The molecule has 2 aromatic heterocycles. The van der Waals surface area contributed by atoms with Gasteiger partial charge in [0.1, 0.15) is 11.6 Å². The minimum Gasteiger partial charge on any atom is -0.495 e. The van der Waals surface area contributed by atoms with Crippen molar-refractivity contribution in [2.24, 2.45) is 0 Å². The van der Waals surface area contributed by atoms with Gasteiger partial charge < -0.3 is 9.30 Å². The van der Waals surface area contributed by atoms with E-state index in [1.54, 1.807) is 13.4 Å². The molecule has 1 aliphatic heterocycles. The smallest absolute Gasteiger partial charge is 0.174 e. The number of hydrogen-bond donors (Lipinski definition) is 0. The standard InChI is InChI=1S/C30H33N5O2/c1-4-5-8-27(36)24-13-11-23(12-14-24)25-7-6-17-35-30(25)32-29(33-35)16-10-22-9-15-26(28(18-22)37-3)34-19-21(2)31-20-34/h9-16,18-20,25H,4-8,17H2,1-3H3/t25-/m1/s1. The summed E-state index contributed by atoms with van der Waals surface area (Å²) in [7, 11) is 1.68. The number of benzene rings is 2. The Bertz CT molecular complexity index is 1410. The topological polar surface area (TPSA) is 74.8 Å². The molecule has 5 rings (SSSR count). The van der Waals surface area contributed by atoms with E-state index in [9.17, 15) is 4.79 Å². The number of imidazole rings is 1. The molecule has 0 saturated heterocycles. The Labute approximate surface area is 217 Å². The summed E-state index contributed by atoms with van der Waals surface area (Å²) >= 11 is 0. The van der Waals surface area contributed by atoms with Crippen molar-refractivity contribution in [2.75, 3.05) is 7.11 Å². The molecule has 1 aliphatic rings. The summed E-state index contributed by atoms with van der Waals surface area (Å²) in [5.41, 5.74) is 4.88. The third kappa shape index (κ3) is 5.40. The SMILES string of the molecule is CCCCC(=O)c1ccc([C@H]2CCCn3nc(C=Cc4ccc(-n5cnc(C)c5)c(OC)c4)nc32)cc1. The predicted molar refractivity (Wildman–Crippen MR) is 145 cm³/mol. The zero-order valence-corrected chi connectivity index (χ0v) is 21.7. The van der Waals surface area contributed by atoms with E-state index in [0.717, 1.165) is 66.3 Å². The Morgan fingerprint density at radius 3 is 2.73 bits per heavy atom. The van der Waals surface area contributed by atoms with Crippen molar-refractivity contribution in [3.63, 3.8) is 0 Å². The molecule has 0 spiro atoms. The van der Waals surface area contributed by atoms with Crippen molar-refractivity contribution in [3.8, 4) is 11.4 Å². The van der Waals surface area contributed by atoms with Gasteiger partial charge in [0.15, 0.2) is 11.6 Å². The summed E-state index contributed by atoms with van der Waals surface area (Å²) < 4.78 is 9.62. The molecule has 4 aromatic rings. The largest absolute Gasteiger partial charge is 0.495 e. The van der Waals surface area contributed by atoms with Crippen LogP contribution in [0, 0.1) is 6.92 Å². The molecule has 3 heterocycles. The minimum atomic E-state index is 0.182. The Balaban J connectivity index is 1.34. The van der Waals surface area contributed by atoms with Crippen LogP contribution in [0.15, 0.2) is 55.0 Å². The van der Waals surface area contributed by atoms with Gasteiger partial charge in [0, 0.05) is 30.6 Å². The summed E-state index contributed by atoms with van der Waals surface area (Å²) in [6.07, 6.45) is 12.4. The molecule has 0 fully saturated rings. The van der Waals surface area contributed by atoms with Crippen molar-refractivity contribution in [2.45, 2.75) is 58.4 Å². The summed E-state index contributed by atoms with van der Waals surface area (Å²) in [6.45, 7) is 4.94. The molecule has 1 atom stereocenters. The number of nitrogens with zero attached hydrogens (tertiary/aromatic N) is 5. The van der Waals surface area contributed by atoms with E-state index in [4.69, 9.17) is 14.8 Å². The van der Waals surface area contributed by atoms with Gasteiger partial charge in [0.05, 0.1) is 24.8 Å². The van der Waals surface area contributed by atoms with Crippen LogP contribution in [-0.4, -0.2) is 37.2 Å². The van der Waals surface area contributed by atoms with Gasteiger partial charge in [-0.1, -0.05) is 49.8 Å². The van der Waals surface area contributed by atoms with Crippen LogP contribution in [0.1, 0.15) is 83.8 Å². The van der Waals surface area contributed by atoms with Gasteiger partial charge in [0.25, 0.3) is 0 Å². The van der Waals surface area contributed by atoms with E-state index >= 15 is 0 Å². The van der Waals surface area contributed by atoms with Crippen LogP contribution in [0.2, 0.25) is 0 Å². The van der Waals surface area contributed by atoms with Crippen molar-refractivity contribution in [3.05, 3.63) is 89.0 Å². The second kappa shape index (κ2) is 10.9. The van der Waals surface area contributed by atoms with E-state index in [2.05, 4.69) is 24.0 Å². The lowest BCUT2D eigenvalue weighted by Gasteiger charge is -2.22. The fraction of sp³-hybridized carbons (Fsp3) is 0.333. The summed E-state index contributed by atoms with van der Waals surface area (Å²) in [5.74, 6) is 2.85. The van der Waals surface area contributed by atoms with E-state index in [-0.39, 0.29) is 11.7 Å². The van der Waals surface area contributed by atoms with Gasteiger partial charge in [0.2, 0.25) is 0 Å². The van der Waals surface area contributed by atoms with Gasteiger partial charge in [-0.25, -0.2) is 14.6 Å². The molecule has 0 radical (unpaired) electrons. The molecule has 0 unspecified atom stereocenters. The molecule has 37 heavy (non-hydrogen) atoms. The predicted octanol–water partition coefficient (Wildman–Crippen LogP) is 6.25. The third-order valence-electron chi connectivity index (χ3n) is 6.90. The van der Waals surface area contributed by atoms with Gasteiger partial charge in [-0.05, 0) is 55.5 Å². The quantitative estimate of drug-likeness (QED) is 0.257. The number of Topliss-reactive ketones (excluding diaryl/α,β-unsaturated/α-hetero) is 1. The number of methoxy groups -OCH3 is 1. The van der Waals surface area contributed by atoms with E-state index in [0.29, 0.717) is 12.2 Å². The maximum Gasteiger partial charge on any atom is 0.174 e. The van der Waals surface area contributed by atoms with E-state index in [1.807, 2.05) is 64.9 Å². The van der Waals surface area contributed by atoms with Gasteiger partial charge in [-0.15, -0.1) is 0 Å². The minimum absolute atomic E-state index is 0.182. The summed E-state index contributed by atoms with van der Waals surface area (Å²) in [4.78, 5) is 21.6. The fourth-order valence-electron chi connectivity index (χ4n) is 4.87. The lowest BCUT2D eigenvalue weighted by molar-refractivity contribution is 0.0979. The monoisotopic (exact) mass is 495 g/mol. The van der Waals surface area contributed by atoms with Crippen LogP contribution in [0.5, 0.6) is 5.75 Å². The van der Waals surface area contributed by atoms with Crippen molar-refractivity contribution < 1.29 is 9.53 Å². The number of aryl methyl sites for hydroxylation is 2. The van der Waals surface area contributed by atoms with Crippen LogP contribution in [0.3, 0.4) is 0 Å². The van der Waals surface area contributed by atoms with Crippen molar-refractivity contribution in [1.29, 1.82) is 0 Å². The Morgan fingerprint density at radius 1 is 1.16 bits per heavy atom. The molecule has 0 saturated carbocycles. The van der Waals surface area contributed by atoms with Crippen molar-refractivity contribution in [1.82, 2.24) is 24.3 Å². The second-order valence-corrected chi connectivity index (χ2v) is 9.58. The highest BCUT2D eigenvalue weighted by Gasteiger charge is 2.25. The molecule has 190 valence electrons. The molecular formula is C30H33N5O2. The van der Waals surface area contributed by atoms with Crippen molar-refractivity contribution >= 4 is 17.9 Å². The maximum absolute atomic E-state index is 12.4. The summed E-state index contributed by atoms with van der Waals surface area (Å²) in [5, 5.41) is 4.75. The highest BCUT2D eigenvalue weighted by molar-refractivity contribution is 5.96. The molecule has 2 aromatic carbocycles. The van der Waals surface area contributed by atoms with Gasteiger partial charge >= 0.3 is 0 Å². The summed E-state index contributed by atoms with van der Waals surface area (Å²) in [6, 6.07) is 14.2. The number of unbranched alkanes of at least 4 members (excludes halogenated alkanes) is 1. The molecule has 0 bridgehead atoms. The molecule has 0 aliphatic carbocycles. The molecule has 7 heteroatoms. The average molecular weight is 496 g/mol. The zero-order chi connectivity index (χ0) is 25.8.